The Morgan fingerprint density at radius 3 is 2.69 bits per heavy atom. The smallest absolute Gasteiger partial charge is 0.237 e. The van der Waals surface area contributed by atoms with Gasteiger partial charge in [-0.05, 0) is 26.7 Å². The van der Waals surface area contributed by atoms with Crippen LogP contribution in [0.5, 0.6) is 0 Å². The zero-order chi connectivity index (χ0) is 11.8. The molecule has 0 radical (unpaired) electrons. The normalized spacial score (nSPS) is 21.2. The first-order valence-corrected chi connectivity index (χ1v) is 6.02. The molecule has 1 aliphatic heterocycles. The SMILES string of the molecule is CCOC(CNC1CCCNC1=O)OCC. The average Bonchev–Trinajstić information content (AvgIpc) is 2.28. The maximum Gasteiger partial charge on any atom is 0.237 e. The maximum atomic E-state index is 11.5. The fourth-order valence-corrected chi connectivity index (χ4v) is 1.74. The van der Waals surface area contributed by atoms with Gasteiger partial charge < -0.3 is 20.1 Å². The summed E-state index contributed by atoms with van der Waals surface area (Å²) >= 11 is 0. The van der Waals surface area contributed by atoms with Gasteiger partial charge in [0.05, 0.1) is 6.04 Å². The van der Waals surface area contributed by atoms with Crippen LogP contribution in [0.15, 0.2) is 0 Å². The van der Waals surface area contributed by atoms with E-state index >= 15 is 0 Å². The number of nitrogens with one attached hydrogen (secondary N) is 2. The first-order chi connectivity index (χ1) is 7.77. The minimum atomic E-state index is -0.260. The minimum Gasteiger partial charge on any atom is -0.355 e. The number of hydrogen-bond donors (Lipinski definition) is 2. The highest BCUT2D eigenvalue weighted by atomic mass is 16.7. The maximum absolute atomic E-state index is 11.5. The van der Waals surface area contributed by atoms with Gasteiger partial charge >= 0.3 is 0 Å². The van der Waals surface area contributed by atoms with Gasteiger partial charge in [-0.3, -0.25) is 4.79 Å². The van der Waals surface area contributed by atoms with Gasteiger partial charge in [-0.2, -0.15) is 0 Å². The molecule has 0 saturated carbocycles. The average molecular weight is 230 g/mol. The molecular formula is C11H22N2O3. The van der Waals surface area contributed by atoms with E-state index in [0.717, 1.165) is 19.4 Å². The Labute approximate surface area is 96.9 Å². The van der Waals surface area contributed by atoms with E-state index < -0.39 is 0 Å². The second-order valence-electron chi connectivity index (χ2n) is 3.73. The van der Waals surface area contributed by atoms with E-state index in [1.54, 1.807) is 0 Å². The second kappa shape index (κ2) is 7.60. The van der Waals surface area contributed by atoms with Gasteiger partial charge in [0.1, 0.15) is 0 Å². The summed E-state index contributed by atoms with van der Waals surface area (Å²) < 4.78 is 10.8. The van der Waals surface area contributed by atoms with Crippen LogP contribution in [0.1, 0.15) is 26.7 Å². The van der Waals surface area contributed by atoms with Crippen molar-refractivity contribution in [2.45, 2.75) is 39.0 Å². The molecule has 16 heavy (non-hydrogen) atoms. The summed E-state index contributed by atoms with van der Waals surface area (Å²) in [7, 11) is 0. The summed E-state index contributed by atoms with van der Waals surface area (Å²) in [4.78, 5) is 11.5. The van der Waals surface area contributed by atoms with Crippen molar-refractivity contribution >= 4 is 5.91 Å². The predicted molar refractivity (Wildman–Crippen MR) is 61.1 cm³/mol. The van der Waals surface area contributed by atoms with Gasteiger partial charge in [0.25, 0.3) is 0 Å². The molecule has 1 fully saturated rings. The minimum absolute atomic E-state index is 0.0815. The molecule has 1 atom stereocenters. The molecule has 0 aliphatic carbocycles. The van der Waals surface area contributed by atoms with Crippen molar-refractivity contribution in [1.82, 2.24) is 10.6 Å². The Balaban J connectivity index is 2.26. The molecule has 1 aliphatic rings. The van der Waals surface area contributed by atoms with E-state index in [0.29, 0.717) is 19.8 Å². The highest BCUT2D eigenvalue weighted by Crippen LogP contribution is 2.03. The summed E-state index contributed by atoms with van der Waals surface area (Å²) in [6.45, 7) is 6.43. The lowest BCUT2D eigenvalue weighted by Gasteiger charge is -2.25. The molecule has 0 aromatic rings. The summed E-state index contributed by atoms with van der Waals surface area (Å²) in [5, 5.41) is 6.02. The predicted octanol–water partition coefficient (Wildman–Crippen LogP) is 0.254. The van der Waals surface area contributed by atoms with Crippen LogP contribution >= 0.6 is 0 Å². The molecule has 0 aromatic heterocycles. The highest BCUT2D eigenvalue weighted by Gasteiger charge is 2.22. The number of amides is 1. The first kappa shape index (κ1) is 13.4. The van der Waals surface area contributed by atoms with Gasteiger partial charge in [-0.25, -0.2) is 0 Å². The number of piperidine rings is 1. The van der Waals surface area contributed by atoms with Gasteiger partial charge in [0.15, 0.2) is 6.29 Å². The van der Waals surface area contributed by atoms with Crippen LogP contribution in [0.2, 0.25) is 0 Å². The Morgan fingerprint density at radius 2 is 2.12 bits per heavy atom. The van der Waals surface area contributed by atoms with E-state index in [1.165, 1.54) is 0 Å². The van der Waals surface area contributed by atoms with Crippen molar-refractivity contribution in [3.05, 3.63) is 0 Å². The fraction of sp³-hybridized carbons (Fsp3) is 0.909. The Morgan fingerprint density at radius 1 is 1.44 bits per heavy atom. The molecular weight excluding hydrogens is 208 g/mol. The van der Waals surface area contributed by atoms with Gasteiger partial charge in [-0.15, -0.1) is 0 Å². The number of carbonyl (C=O) groups excluding carboxylic acids is 1. The summed E-state index contributed by atoms with van der Waals surface area (Å²) in [5.41, 5.74) is 0. The van der Waals surface area contributed by atoms with Crippen molar-refractivity contribution in [1.29, 1.82) is 0 Å². The monoisotopic (exact) mass is 230 g/mol. The lowest BCUT2D eigenvalue weighted by atomic mass is 10.1. The molecule has 2 N–H and O–H groups in total. The zero-order valence-electron chi connectivity index (χ0n) is 10.1. The van der Waals surface area contributed by atoms with Crippen molar-refractivity contribution in [2.24, 2.45) is 0 Å². The Kier molecular flexibility index (Phi) is 6.37. The number of rotatable bonds is 7. The third-order valence-corrected chi connectivity index (χ3v) is 2.52. The third kappa shape index (κ3) is 4.47. The van der Waals surface area contributed by atoms with Gasteiger partial charge in [0, 0.05) is 26.3 Å². The molecule has 1 saturated heterocycles. The molecule has 0 spiro atoms. The summed E-state index contributed by atoms with van der Waals surface area (Å²) in [5.74, 6) is 0.0815. The molecule has 94 valence electrons. The highest BCUT2D eigenvalue weighted by molar-refractivity contribution is 5.82. The number of ether oxygens (including phenoxy) is 2. The lowest BCUT2D eigenvalue weighted by molar-refractivity contribution is -0.137. The summed E-state index contributed by atoms with van der Waals surface area (Å²) in [6, 6.07) is -0.0998. The van der Waals surface area contributed by atoms with Crippen molar-refractivity contribution in [3.8, 4) is 0 Å². The van der Waals surface area contributed by atoms with Gasteiger partial charge in [0.2, 0.25) is 5.91 Å². The molecule has 5 heteroatoms. The van der Waals surface area contributed by atoms with E-state index in [2.05, 4.69) is 10.6 Å². The Hall–Kier alpha value is -0.650. The standard InChI is InChI=1S/C11H22N2O3/c1-3-15-10(16-4-2)8-13-9-6-5-7-12-11(9)14/h9-10,13H,3-8H2,1-2H3,(H,12,14). The molecule has 0 bridgehead atoms. The largest absolute Gasteiger partial charge is 0.355 e. The van der Waals surface area contributed by atoms with Crippen LogP contribution in [0.3, 0.4) is 0 Å². The number of carbonyl (C=O) groups is 1. The topological polar surface area (TPSA) is 59.6 Å². The first-order valence-electron chi connectivity index (χ1n) is 6.02. The van der Waals surface area contributed by atoms with E-state index in [4.69, 9.17) is 9.47 Å². The molecule has 1 heterocycles. The van der Waals surface area contributed by atoms with Crippen LogP contribution in [-0.4, -0.2) is 44.5 Å². The van der Waals surface area contributed by atoms with Gasteiger partial charge in [-0.1, -0.05) is 0 Å². The van der Waals surface area contributed by atoms with Crippen LogP contribution in [0.25, 0.3) is 0 Å². The number of hydrogen-bond acceptors (Lipinski definition) is 4. The second-order valence-corrected chi connectivity index (χ2v) is 3.73. The van der Waals surface area contributed by atoms with Crippen LogP contribution in [0, 0.1) is 0 Å². The Bertz CT molecular complexity index is 205. The van der Waals surface area contributed by atoms with Crippen LogP contribution in [-0.2, 0) is 14.3 Å². The van der Waals surface area contributed by atoms with Crippen molar-refractivity contribution in [2.75, 3.05) is 26.3 Å². The van der Waals surface area contributed by atoms with Crippen molar-refractivity contribution < 1.29 is 14.3 Å². The zero-order valence-corrected chi connectivity index (χ0v) is 10.1. The molecule has 1 unspecified atom stereocenters. The van der Waals surface area contributed by atoms with Crippen molar-refractivity contribution in [3.63, 3.8) is 0 Å². The molecule has 1 rings (SSSR count). The fourth-order valence-electron chi connectivity index (χ4n) is 1.74. The molecule has 0 aromatic carbocycles. The van der Waals surface area contributed by atoms with Crippen LogP contribution in [0.4, 0.5) is 0 Å². The molecule has 1 amide bonds. The summed E-state index contributed by atoms with van der Waals surface area (Å²) in [6.07, 6.45) is 1.65. The lowest BCUT2D eigenvalue weighted by Crippen LogP contribution is -2.50. The molecule has 5 nitrogen and oxygen atoms in total. The van der Waals surface area contributed by atoms with E-state index in [-0.39, 0.29) is 18.2 Å². The van der Waals surface area contributed by atoms with E-state index in [1.807, 2.05) is 13.8 Å². The van der Waals surface area contributed by atoms with E-state index in [9.17, 15) is 4.79 Å². The van der Waals surface area contributed by atoms with Crippen LogP contribution < -0.4 is 10.6 Å². The third-order valence-electron chi connectivity index (χ3n) is 2.52. The quantitative estimate of drug-likeness (QED) is 0.616.